The van der Waals surface area contributed by atoms with Gasteiger partial charge in [-0.05, 0) is 52.7 Å². The van der Waals surface area contributed by atoms with E-state index in [0.717, 1.165) is 0 Å². The molecule has 0 heterocycles. The van der Waals surface area contributed by atoms with Crippen LogP contribution in [0.15, 0.2) is 23.2 Å². The Balaban J connectivity index is 0.00000420. The van der Waals surface area contributed by atoms with Gasteiger partial charge in [0.2, 0.25) is 0 Å². The second-order valence-corrected chi connectivity index (χ2v) is 7.77. The highest BCUT2D eigenvalue weighted by atomic mass is 127. The first-order valence-electron chi connectivity index (χ1n) is 9.67. The molecule has 0 aromatic heterocycles. The Kier molecular flexibility index (Phi) is 10.1. The van der Waals surface area contributed by atoms with E-state index < -0.39 is 23.3 Å². The highest BCUT2D eigenvalue weighted by Gasteiger charge is 2.42. The van der Waals surface area contributed by atoms with Crippen LogP contribution < -0.4 is 16.0 Å². The molecule has 0 saturated heterocycles. The second-order valence-electron chi connectivity index (χ2n) is 7.77. The summed E-state index contributed by atoms with van der Waals surface area (Å²) in [5, 5.41) is 9.03. The van der Waals surface area contributed by atoms with E-state index in [9.17, 15) is 13.6 Å². The minimum absolute atomic E-state index is 0. The fourth-order valence-electron chi connectivity index (χ4n) is 2.81. The molecule has 1 amide bonds. The minimum Gasteiger partial charge on any atom is -0.444 e. The van der Waals surface area contributed by atoms with Gasteiger partial charge in [0.25, 0.3) is 0 Å². The van der Waals surface area contributed by atoms with E-state index in [0.29, 0.717) is 38.4 Å². The minimum atomic E-state index is -0.525. The SMILES string of the molecule is CCNC(=NCCCNC(=O)OC(C)(C)C)NC1CC1c1c(F)cccc1F.I. The van der Waals surface area contributed by atoms with Crippen LogP contribution in [0.1, 0.15) is 52.0 Å². The van der Waals surface area contributed by atoms with E-state index in [1.54, 1.807) is 0 Å². The molecule has 2 rings (SSSR count). The number of nitrogens with one attached hydrogen (secondary N) is 3. The predicted octanol–water partition coefficient (Wildman–Crippen LogP) is 3.91. The molecule has 0 aliphatic heterocycles. The molecule has 2 atom stereocenters. The van der Waals surface area contributed by atoms with Crippen LogP contribution in [-0.4, -0.2) is 43.3 Å². The number of benzene rings is 1. The predicted molar refractivity (Wildman–Crippen MR) is 121 cm³/mol. The topological polar surface area (TPSA) is 74.8 Å². The summed E-state index contributed by atoms with van der Waals surface area (Å²) >= 11 is 0. The van der Waals surface area contributed by atoms with Crippen molar-refractivity contribution in [2.75, 3.05) is 19.6 Å². The third kappa shape index (κ3) is 8.71. The number of alkyl carbamates (subject to hydrolysis) is 1. The zero-order valence-corrected chi connectivity index (χ0v) is 19.7. The Labute approximate surface area is 188 Å². The van der Waals surface area contributed by atoms with Crippen molar-refractivity contribution in [1.82, 2.24) is 16.0 Å². The number of hydrogen-bond donors (Lipinski definition) is 3. The van der Waals surface area contributed by atoms with Crippen molar-refractivity contribution in [3.63, 3.8) is 0 Å². The van der Waals surface area contributed by atoms with Crippen molar-refractivity contribution in [3.05, 3.63) is 35.4 Å². The summed E-state index contributed by atoms with van der Waals surface area (Å²) in [5.74, 6) is -0.614. The van der Waals surface area contributed by atoms with Crippen molar-refractivity contribution in [2.24, 2.45) is 4.99 Å². The number of halogens is 3. The van der Waals surface area contributed by atoms with Crippen molar-refractivity contribution in [3.8, 4) is 0 Å². The third-order valence-electron chi connectivity index (χ3n) is 4.10. The molecule has 164 valence electrons. The number of guanidine groups is 1. The van der Waals surface area contributed by atoms with Crippen molar-refractivity contribution in [2.45, 2.75) is 58.1 Å². The molecule has 1 fully saturated rings. The summed E-state index contributed by atoms with van der Waals surface area (Å²) in [5.41, 5.74) is -0.388. The van der Waals surface area contributed by atoms with Crippen molar-refractivity contribution >= 4 is 36.0 Å². The quantitative estimate of drug-likeness (QED) is 0.219. The highest BCUT2D eigenvalue weighted by molar-refractivity contribution is 14.0. The van der Waals surface area contributed by atoms with Crippen molar-refractivity contribution in [1.29, 1.82) is 0 Å². The van der Waals surface area contributed by atoms with Crippen LogP contribution in [0.2, 0.25) is 0 Å². The van der Waals surface area contributed by atoms with E-state index in [2.05, 4.69) is 20.9 Å². The number of hydrogen-bond acceptors (Lipinski definition) is 3. The van der Waals surface area contributed by atoms with Gasteiger partial charge in [0.15, 0.2) is 5.96 Å². The summed E-state index contributed by atoms with van der Waals surface area (Å²) in [6, 6.07) is 3.88. The molecule has 3 N–H and O–H groups in total. The van der Waals surface area contributed by atoms with E-state index in [-0.39, 0.29) is 41.5 Å². The average Bonchev–Trinajstić information content (AvgIpc) is 3.31. The molecular formula is C20H31F2IN4O2. The van der Waals surface area contributed by atoms with Gasteiger partial charge in [-0.3, -0.25) is 4.99 Å². The van der Waals surface area contributed by atoms with Crippen LogP contribution in [0.3, 0.4) is 0 Å². The lowest BCUT2D eigenvalue weighted by Gasteiger charge is -2.19. The molecule has 29 heavy (non-hydrogen) atoms. The zero-order valence-electron chi connectivity index (χ0n) is 17.4. The van der Waals surface area contributed by atoms with E-state index in [4.69, 9.17) is 4.74 Å². The standard InChI is InChI=1S/C20H30F2N4O2.HI/c1-5-23-18(24-10-7-11-25-19(27)28-20(2,3)4)26-16-12-13(16)17-14(21)8-6-9-15(17)22;/h6,8-9,13,16H,5,7,10-12H2,1-4H3,(H,25,27)(H2,23,24,26);1H. The summed E-state index contributed by atoms with van der Waals surface area (Å²) in [4.78, 5) is 16.0. The Bertz CT molecular complexity index is 690. The Morgan fingerprint density at radius 3 is 2.48 bits per heavy atom. The van der Waals surface area contributed by atoms with Gasteiger partial charge in [-0.2, -0.15) is 0 Å². The Morgan fingerprint density at radius 1 is 1.24 bits per heavy atom. The van der Waals surface area contributed by atoms with Gasteiger partial charge in [0.05, 0.1) is 0 Å². The first-order valence-corrected chi connectivity index (χ1v) is 9.67. The largest absolute Gasteiger partial charge is 0.444 e. The molecule has 0 radical (unpaired) electrons. The maximum absolute atomic E-state index is 13.9. The molecule has 6 nitrogen and oxygen atoms in total. The number of amides is 1. The van der Waals surface area contributed by atoms with Gasteiger partial charge < -0.3 is 20.7 Å². The van der Waals surface area contributed by atoms with E-state index >= 15 is 0 Å². The number of rotatable bonds is 7. The summed E-state index contributed by atoms with van der Waals surface area (Å²) in [7, 11) is 0. The zero-order chi connectivity index (χ0) is 20.7. The van der Waals surface area contributed by atoms with Crippen LogP contribution in [0.4, 0.5) is 13.6 Å². The summed E-state index contributed by atoms with van der Waals surface area (Å²) in [6.07, 6.45) is 0.850. The molecule has 1 aliphatic carbocycles. The monoisotopic (exact) mass is 524 g/mol. The lowest BCUT2D eigenvalue weighted by molar-refractivity contribution is 0.0527. The molecule has 1 aromatic rings. The van der Waals surface area contributed by atoms with Crippen LogP contribution in [0.25, 0.3) is 0 Å². The van der Waals surface area contributed by atoms with Crippen molar-refractivity contribution < 1.29 is 18.3 Å². The summed E-state index contributed by atoms with van der Waals surface area (Å²) < 4.78 is 33.0. The number of ether oxygens (including phenoxy) is 1. The molecule has 1 aromatic carbocycles. The lowest BCUT2D eigenvalue weighted by Crippen LogP contribution is -2.39. The molecule has 2 unspecified atom stereocenters. The fraction of sp³-hybridized carbons (Fsp3) is 0.600. The van der Waals surface area contributed by atoms with Crippen LogP contribution in [0, 0.1) is 11.6 Å². The molecular weight excluding hydrogens is 493 g/mol. The van der Waals surface area contributed by atoms with Gasteiger partial charge in [-0.1, -0.05) is 6.07 Å². The number of nitrogens with zero attached hydrogens (tertiary/aromatic N) is 1. The van der Waals surface area contributed by atoms with Gasteiger partial charge >= 0.3 is 6.09 Å². The molecule has 1 aliphatic rings. The maximum Gasteiger partial charge on any atom is 0.407 e. The van der Waals surface area contributed by atoms with Crippen LogP contribution in [0.5, 0.6) is 0 Å². The first kappa shape index (κ1) is 25.4. The van der Waals surface area contributed by atoms with Crippen LogP contribution in [-0.2, 0) is 4.74 Å². The lowest BCUT2D eigenvalue weighted by atomic mass is 10.1. The molecule has 9 heteroatoms. The van der Waals surface area contributed by atoms with Gasteiger partial charge in [-0.25, -0.2) is 13.6 Å². The van der Waals surface area contributed by atoms with E-state index in [1.165, 1.54) is 18.2 Å². The van der Waals surface area contributed by atoms with Crippen LogP contribution >= 0.6 is 24.0 Å². The van der Waals surface area contributed by atoms with Gasteiger partial charge in [-0.15, -0.1) is 24.0 Å². The fourth-order valence-corrected chi connectivity index (χ4v) is 2.81. The van der Waals surface area contributed by atoms with Gasteiger partial charge in [0.1, 0.15) is 17.2 Å². The smallest absolute Gasteiger partial charge is 0.407 e. The highest BCUT2D eigenvalue weighted by Crippen LogP contribution is 2.43. The normalized spacial score (nSPS) is 18.5. The molecule has 0 spiro atoms. The maximum atomic E-state index is 13.9. The molecule has 1 saturated carbocycles. The molecule has 0 bridgehead atoms. The third-order valence-corrected chi connectivity index (χ3v) is 4.10. The number of carbonyl (C=O) groups is 1. The number of aliphatic imine (C=N–C) groups is 1. The van der Waals surface area contributed by atoms with E-state index in [1.807, 2.05) is 27.7 Å². The summed E-state index contributed by atoms with van der Waals surface area (Å²) in [6.45, 7) is 8.99. The van der Waals surface area contributed by atoms with Gasteiger partial charge in [0, 0.05) is 37.2 Å². The average molecular weight is 524 g/mol. The Hall–Kier alpha value is -1.65. The Morgan fingerprint density at radius 2 is 1.90 bits per heavy atom. The number of carbonyl (C=O) groups excluding carboxylic acids is 1. The second kappa shape index (κ2) is 11.5. The first-order chi connectivity index (χ1) is 13.2.